The lowest BCUT2D eigenvalue weighted by molar-refractivity contribution is 0.0279. The van der Waals surface area contributed by atoms with Crippen LogP contribution in [0.4, 0.5) is 0 Å². The Balaban J connectivity index is 0.00000320. The van der Waals surface area contributed by atoms with Gasteiger partial charge in [-0.15, -0.1) is 12.4 Å². The first-order valence-electron chi connectivity index (χ1n) is 9.72. The molecule has 0 aliphatic heterocycles. The van der Waals surface area contributed by atoms with Crippen molar-refractivity contribution in [1.82, 2.24) is 14.9 Å². The Morgan fingerprint density at radius 3 is 2.60 bits per heavy atom. The Morgan fingerprint density at radius 1 is 1.17 bits per heavy atom. The first-order valence-corrected chi connectivity index (χ1v) is 9.72. The van der Waals surface area contributed by atoms with Crippen LogP contribution in [-0.2, 0) is 18.4 Å². The van der Waals surface area contributed by atoms with Crippen molar-refractivity contribution in [3.05, 3.63) is 83.4 Å². The summed E-state index contributed by atoms with van der Waals surface area (Å²) in [6.07, 6.45) is 3.05. The fourth-order valence-corrected chi connectivity index (χ4v) is 3.14. The Kier molecular flexibility index (Phi) is 9.33. The molecule has 1 heterocycles. The van der Waals surface area contributed by atoms with Gasteiger partial charge >= 0.3 is 0 Å². The Morgan fingerprint density at radius 2 is 1.93 bits per heavy atom. The van der Waals surface area contributed by atoms with Crippen molar-refractivity contribution in [2.45, 2.75) is 25.7 Å². The van der Waals surface area contributed by atoms with E-state index in [2.05, 4.69) is 29.4 Å². The number of aliphatic hydroxyl groups is 1. The standard InChI is InChI=1S/C23H29N3O3.ClH/c1-17-7-9-18(10-8-17)15-29-16-20(27)14-25-22(23-24-11-12-26(23)2)19-5-4-6-21(13-19)28-3;/h4-13,20,22,25,27H,14-16H2,1-3H3;1H. The van der Waals surface area contributed by atoms with E-state index in [1.54, 1.807) is 13.3 Å². The van der Waals surface area contributed by atoms with Crippen LogP contribution in [0, 0.1) is 6.92 Å². The normalized spacial score (nSPS) is 12.8. The lowest BCUT2D eigenvalue weighted by Gasteiger charge is -2.21. The smallest absolute Gasteiger partial charge is 0.130 e. The van der Waals surface area contributed by atoms with E-state index in [1.807, 2.05) is 54.2 Å². The highest BCUT2D eigenvalue weighted by Gasteiger charge is 2.20. The topological polar surface area (TPSA) is 68.5 Å². The van der Waals surface area contributed by atoms with Crippen molar-refractivity contribution >= 4 is 12.4 Å². The zero-order valence-electron chi connectivity index (χ0n) is 17.6. The first kappa shape index (κ1) is 23.9. The summed E-state index contributed by atoms with van der Waals surface area (Å²) in [4.78, 5) is 4.48. The van der Waals surface area contributed by atoms with Crippen LogP contribution in [0.2, 0.25) is 0 Å². The molecule has 0 spiro atoms. The van der Waals surface area contributed by atoms with Crippen LogP contribution >= 0.6 is 12.4 Å². The molecule has 0 saturated carbocycles. The number of hydrogen-bond acceptors (Lipinski definition) is 5. The van der Waals surface area contributed by atoms with Crippen molar-refractivity contribution in [2.75, 3.05) is 20.3 Å². The highest BCUT2D eigenvalue weighted by atomic mass is 35.5. The van der Waals surface area contributed by atoms with E-state index >= 15 is 0 Å². The van der Waals surface area contributed by atoms with Gasteiger partial charge in [0.25, 0.3) is 0 Å². The zero-order valence-corrected chi connectivity index (χ0v) is 18.4. The number of methoxy groups -OCH3 is 1. The average Bonchev–Trinajstić information content (AvgIpc) is 3.15. The second-order valence-corrected chi connectivity index (χ2v) is 7.17. The SMILES string of the molecule is COc1cccc(C(NCC(O)COCc2ccc(C)cc2)c2nccn2C)c1.Cl. The molecule has 6 nitrogen and oxygen atoms in total. The van der Waals surface area contributed by atoms with E-state index in [9.17, 15) is 5.11 Å². The Bertz CT molecular complexity index is 899. The lowest BCUT2D eigenvalue weighted by atomic mass is 10.1. The molecule has 2 aromatic carbocycles. The molecule has 0 aliphatic carbocycles. The number of ether oxygens (including phenoxy) is 2. The second-order valence-electron chi connectivity index (χ2n) is 7.17. The van der Waals surface area contributed by atoms with Gasteiger partial charge in [0.2, 0.25) is 0 Å². The number of nitrogens with zero attached hydrogens (tertiary/aromatic N) is 2. The molecule has 162 valence electrons. The third-order valence-corrected chi connectivity index (χ3v) is 4.80. The number of aromatic nitrogens is 2. The Labute approximate surface area is 184 Å². The Hall–Kier alpha value is -2.38. The van der Waals surface area contributed by atoms with Gasteiger partial charge in [-0.1, -0.05) is 42.0 Å². The summed E-state index contributed by atoms with van der Waals surface area (Å²) in [6.45, 7) is 3.17. The van der Waals surface area contributed by atoms with E-state index in [0.29, 0.717) is 13.2 Å². The minimum absolute atomic E-state index is 0. The largest absolute Gasteiger partial charge is 0.497 e. The van der Waals surface area contributed by atoms with Gasteiger partial charge in [0.15, 0.2) is 0 Å². The minimum atomic E-state index is -0.631. The molecule has 7 heteroatoms. The average molecular weight is 432 g/mol. The fraction of sp³-hybridized carbons (Fsp3) is 0.348. The van der Waals surface area contributed by atoms with Crippen LogP contribution in [0.1, 0.15) is 28.6 Å². The third kappa shape index (κ3) is 6.57. The summed E-state index contributed by atoms with van der Waals surface area (Å²) in [6, 6.07) is 15.9. The number of rotatable bonds is 10. The molecule has 2 unspecified atom stereocenters. The van der Waals surface area contributed by atoms with E-state index in [1.165, 1.54) is 5.56 Å². The maximum Gasteiger partial charge on any atom is 0.130 e. The predicted molar refractivity (Wildman–Crippen MR) is 120 cm³/mol. The van der Waals surface area contributed by atoms with Crippen LogP contribution in [-0.4, -0.2) is 41.0 Å². The summed E-state index contributed by atoms with van der Waals surface area (Å²) in [5, 5.41) is 13.8. The highest BCUT2D eigenvalue weighted by molar-refractivity contribution is 5.85. The molecular formula is C23H30ClN3O3. The summed E-state index contributed by atoms with van der Waals surface area (Å²) >= 11 is 0. The molecule has 2 atom stereocenters. The first-order chi connectivity index (χ1) is 14.1. The second kappa shape index (κ2) is 11.7. The van der Waals surface area contributed by atoms with Crippen molar-refractivity contribution < 1.29 is 14.6 Å². The van der Waals surface area contributed by atoms with Crippen molar-refractivity contribution in [2.24, 2.45) is 7.05 Å². The van der Waals surface area contributed by atoms with Crippen LogP contribution in [0.15, 0.2) is 60.9 Å². The number of nitrogens with one attached hydrogen (secondary N) is 1. The van der Waals surface area contributed by atoms with Crippen LogP contribution in [0.5, 0.6) is 5.75 Å². The van der Waals surface area contributed by atoms with Gasteiger partial charge in [0.05, 0.1) is 32.5 Å². The van der Waals surface area contributed by atoms with Crippen molar-refractivity contribution in [3.8, 4) is 5.75 Å². The summed E-state index contributed by atoms with van der Waals surface area (Å²) in [7, 11) is 3.61. The van der Waals surface area contributed by atoms with Gasteiger partial charge in [-0.25, -0.2) is 4.98 Å². The molecule has 0 fully saturated rings. The monoisotopic (exact) mass is 431 g/mol. The molecule has 0 radical (unpaired) electrons. The summed E-state index contributed by atoms with van der Waals surface area (Å²) < 4.78 is 13.0. The molecule has 0 saturated heterocycles. The van der Waals surface area contributed by atoms with Gasteiger partial charge in [0.1, 0.15) is 11.6 Å². The fourth-order valence-electron chi connectivity index (χ4n) is 3.14. The van der Waals surface area contributed by atoms with Gasteiger partial charge in [-0.3, -0.25) is 0 Å². The number of hydrogen-bond donors (Lipinski definition) is 2. The maximum atomic E-state index is 10.4. The highest BCUT2D eigenvalue weighted by Crippen LogP contribution is 2.24. The zero-order chi connectivity index (χ0) is 20.6. The molecule has 0 bridgehead atoms. The van der Waals surface area contributed by atoms with E-state index in [-0.39, 0.29) is 25.1 Å². The quantitative estimate of drug-likeness (QED) is 0.514. The molecule has 1 aromatic heterocycles. The van der Waals surface area contributed by atoms with Gasteiger partial charge in [-0.05, 0) is 30.2 Å². The lowest BCUT2D eigenvalue weighted by Crippen LogP contribution is -2.34. The summed E-state index contributed by atoms with van der Waals surface area (Å²) in [5.41, 5.74) is 3.33. The van der Waals surface area contributed by atoms with E-state index in [0.717, 1.165) is 22.7 Å². The molecule has 0 amide bonds. The van der Waals surface area contributed by atoms with Crippen molar-refractivity contribution in [3.63, 3.8) is 0 Å². The van der Waals surface area contributed by atoms with Crippen LogP contribution in [0.3, 0.4) is 0 Å². The van der Waals surface area contributed by atoms with E-state index < -0.39 is 6.10 Å². The molecular weight excluding hydrogens is 402 g/mol. The van der Waals surface area contributed by atoms with Gasteiger partial charge < -0.3 is 24.5 Å². The van der Waals surface area contributed by atoms with Crippen LogP contribution in [0.25, 0.3) is 0 Å². The number of imidazole rings is 1. The molecule has 3 rings (SSSR count). The van der Waals surface area contributed by atoms with Crippen LogP contribution < -0.4 is 10.1 Å². The third-order valence-electron chi connectivity index (χ3n) is 4.80. The number of aliphatic hydroxyl groups excluding tert-OH is 1. The van der Waals surface area contributed by atoms with Gasteiger partial charge in [0, 0.05) is 26.0 Å². The predicted octanol–water partition coefficient (Wildman–Crippen LogP) is 3.42. The van der Waals surface area contributed by atoms with E-state index in [4.69, 9.17) is 9.47 Å². The van der Waals surface area contributed by atoms with Crippen molar-refractivity contribution in [1.29, 1.82) is 0 Å². The number of benzene rings is 2. The molecule has 30 heavy (non-hydrogen) atoms. The molecule has 0 aliphatic rings. The minimum Gasteiger partial charge on any atom is -0.497 e. The number of halogens is 1. The molecule has 2 N–H and O–H groups in total. The molecule has 3 aromatic rings. The summed E-state index contributed by atoms with van der Waals surface area (Å²) in [5.74, 6) is 1.65. The van der Waals surface area contributed by atoms with Gasteiger partial charge in [-0.2, -0.15) is 0 Å². The maximum absolute atomic E-state index is 10.4. The number of aryl methyl sites for hydroxylation is 2.